The largest absolute Gasteiger partial charge is 0.392 e. The number of aliphatic hydroxyl groups excluding tert-OH is 1. The van der Waals surface area contributed by atoms with Gasteiger partial charge in [0.2, 0.25) is 10.0 Å². The summed E-state index contributed by atoms with van der Waals surface area (Å²) < 4.78 is 24.6. The molecular formula is C7H17NO3S. The minimum Gasteiger partial charge on any atom is -0.392 e. The molecule has 0 fully saturated rings. The molecule has 0 amide bonds. The van der Waals surface area contributed by atoms with Gasteiger partial charge in [0.1, 0.15) is 0 Å². The highest BCUT2D eigenvalue weighted by Gasteiger charge is 2.12. The topological polar surface area (TPSA) is 66.4 Å². The molecule has 5 heteroatoms. The van der Waals surface area contributed by atoms with E-state index >= 15 is 0 Å². The van der Waals surface area contributed by atoms with Crippen LogP contribution in [0.2, 0.25) is 0 Å². The summed E-state index contributed by atoms with van der Waals surface area (Å²) >= 11 is 0. The molecule has 0 saturated carbocycles. The maximum atomic E-state index is 11.1. The fourth-order valence-electron chi connectivity index (χ4n) is 0.745. The van der Waals surface area contributed by atoms with E-state index in [1.807, 2.05) is 13.8 Å². The number of hydrogen-bond acceptors (Lipinski definition) is 3. The van der Waals surface area contributed by atoms with Crippen molar-refractivity contribution >= 4 is 10.0 Å². The van der Waals surface area contributed by atoms with Gasteiger partial charge in [0.15, 0.2) is 0 Å². The summed E-state index contributed by atoms with van der Waals surface area (Å²) in [5.74, 6) is 0.219. The highest BCUT2D eigenvalue weighted by atomic mass is 32.2. The van der Waals surface area contributed by atoms with E-state index in [1.54, 1.807) is 0 Å². The number of nitrogens with one attached hydrogen (secondary N) is 1. The molecule has 0 aromatic rings. The number of sulfonamides is 1. The van der Waals surface area contributed by atoms with Gasteiger partial charge in [-0.2, -0.15) is 0 Å². The van der Waals surface area contributed by atoms with E-state index < -0.39 is 16.1 Å². The van der Waals surface area contributed by atoms with E-state index in [-0.39, 0.29) is 18.2 Å². The predicted octanol–water partition coefficient (Wildman–Crippen LogP) is -0.0574. The van der Waals surface area contributed by atoms with Gasteiger partial charge in [-0.05, 0) is 12.8 Å². The molecule has 4 nitrogen and oxygen atoms in total. The second kappa shape index (κ2) is 4.79. The van der Waals surface area contributed by atoms with Gasteiger partial charge >= 0.3 is 0 Å². The van der Waals surface area contributed by atoms with Crippen molar-refractivity contribution < 1.29 is 13.5 Å². The third kappa shape index (κ3) is 6.57. The molecule has 0 unspecified atom stereocenters. The zero-order valence-corrected chi connectivity index (χ0v) is 8.56. The highest BCUT2D eigenvalue weighted by molar-refractivity contribution is 7.89. The molecule has 2 N–H and O–H groups in total. The summed E-state index contributed by atoms with van der Waals surface area (Å²) in [5.41, 5.74) is 0. The average molecular weight is 195 g/mol. The van der Waals surface area contributed by atoms with Gasteiger partial charge in [-0.25, -0.2) is 13.1 Å². The number of rotatable bonds is 5. The first-order valence-electron chi connectivity index (χ1n) is 3.99. The third-order valence-electron chi connectivity index (χ3n) is 1.15. The van der Waals surface area contributed by atoms with Crippen LogP contribution in [-0.2, 0) is 10.0 Å². The van der Waals surface area contributed by atoms with Gasteiger partial charge in [-0.15, -0.1) is 0 Å². The quantitative estimate of drug-likeness (QED) is 0.646. The summed E-state index contributed by atoms with van der Waals surface area (Å²) in [6, 6.07) is 0. The van der Waals surface area contributed by atoms with Crippen molar-refractivity contribution in [3.8, 4) is 0 Å². The minimum atomic E-state index is -3.19. The van der Waals surface area contributed by atoms with Crippen molar-refractivity contribution in [2.24, 2.45) is 5.92 Å². The van der Waals surface area contributed by atoms with Crippen molar-refractivity contribution in [3.63, 3.8) is 0 Å². The van der Waals surface area contributed by atoms with Crippen LogP contribution in [0.15, 0.2) is 0 Å². The molecule has 1 atom stereocenters. The Labute approximate surface area is 74.0 Å². The van der Waals surface area contributed by atoms with Crippen LogP contribution in [0.4, 0.5) is 0 Å². The summed E-state index contributed by atoms with van der Waals surface area (Å²) in [6.45, 7) is 5.30. The molecule has 0 heterocycles. The molecule has 0 aliphatic carbocycles. The van der Waals surface area contributed by atoms with Crippen LogP contribution in [0.3, 0.4) is 0 Å². The van der Waals surface area contributed by atoms with Crippen molar-refractivity contribution in [3.05, 3.63) is 0 Å². The molecule has 0 spiro atoms. The van der Waals surface area contributed by atoms with Crippen LogP contribution in [0.25, 0.3) is 0 Å². The van der Waals surface area contributed by atoms with E-state index in [1.165, 1.54) is 6.92 Å². The lowest BCUT2D eigenvalue weighted by Gasteiger charge is -2.09. The second-order valence-electron chi connectivity index (χ2n) is 3.37. The highest BCUT2D eigenvalue weighted by Crippen LogP contribution is 1.97. The van der Waals surface area contributed by atoms with Gasteiger partial charge in [0.25, 0.3) is 0 Å². The number of hydrogen-bond donors (Lipinski definition) is 2. The van der Waals surface area contributed by atoms with Gasteiger partial charge in [-0.1, -0.05) is 13.8 Å². The Morgan fingerprint density at radius 3 is 2.17 bits per heavy atom. The van der Waals surface area contributed by atoms with Crippen LogP contribution in [0.5, 0.6) is 0 Å². The van der Waals surface area contributed by atoms with Gasteiger partial charge in [0, 0.05) is 6.54 Å². The molecule has 0 aliphatic rings. The summed E-state index contributed by atoms with van der Waals surface area (Å²) in [7, 11) is -3.19. The SMILES string of the molecule is CC(C)CS(=O)(=O)NC[C@H](C)O. The average Bonchev–Trinajstić information content (AvgIpc) is 1.81. The smallest absolute Gasteiger partial charge is 0.211 e. The lowest BCUT2D eigenvalue weighted by atomic mass is 10.3. The van der Waals surface area contributed by atoms with Crippen LogP contribution in [0, 0.1) is 5.92 Å². The van der Waals surface area contributed by atoms with Gasteiger partial charge in [0.05, 0.1) is 11.9 Å². The molecule has 0 aromatic carbocycles. The zero-order chi connectivity index (χ0) is 9.78. The first-order chi connectivity index (χ1) is 5.33. The Morgan fingerprint density at radius 1 is 1.33 bits per heavy atom. The first-order valence-corrected chi connectivity index (χ1v) is 5.64. The molecule has 74 valence electrons. The molecule has 0 radical (unpaired) electrons. The van der Waals surface area contributed by atoms with E-state index in [2.05, 4.69) is 4.72 Å². The van der Waals surface area contributed by atoms with Crippen molar-refractivity contribution in [2.75, 3.05) is 12.3 Å². The molecular weight excluding hydrogens is 178 g/mol. The second-order valence-corrected chi connectivity index (χ2v) is 5.22. The van der Waals surface area contributed by atoms with Crippen molar-refractivity contribution in [2.45, 2.75) is 26.9 Å². The van der Waals surface area contributed by atoms with Crippen LogP contribution < -0.4 is 4.72 Å². The Balaban J connectivity index is 3.89. The van der Waals surface area contributed by atoms with E-state index in [0.717, 1.165) is 0 Å². The van der Waals surface area contributed by atoms with E-state index in [9.17, 15) is 8.42 Å². The monoisotopic (exact) mass is 195 g/mol. The van der Waals surface area contributed by atoms with Crippen molar-refractivity contribution in [1.29, 1.82) is 0 Å². The van der Waals surface area contributed by atoms with E-state index in [0.29, 0.717) is 0 Å². The Hall–Kier alpha value is -0.130. The molecule has 0 aromatic heterocycles. The zero-order valence-electron chi connectivity index (χ0n) is 7.74. The van der Waals surface area contributed by atoms with Gasteiger partial charge < -0.3 is 5.11 Å². The minimum absolute atomic E-state index is 0.0923. The lowest BCUT2D eigenvalue weighted by Crippen LogP contribution is -2.33. The molecule has 0 saturated heterocycles. The Bertz CT molecular complexity index is 209. The lowest BCUT2D eigenvalue weighted by molar-refractivity contribution is 0.198. The Morgan fingerprint density at radius 2 is 1.83 bits per heavy atom. The van der Waals surface area contributed by atoms with Crippen LogP contribution >= 0.6 is 0 Å². The molecule has 0 bridgehead atoms. The van der Waals surface area contributed by atoms with Crippen LogP contribution in [-0.4, -0.2) is 31.9 Å². The fourth-order valence-corrected chi connectivity index (χ4v) is 2.24. The maximum Gasteiger partial charge on any atom is 0.211 e. The van der Waals surface area contributed by atoms with Crippen molar-refractivity contribution in [1.82, 2.24) is 4.72 Å². The summed E-state index contributed by atoms with van der Waals surface area (Å²) in [5, 5.41) is 8.82. The number of aliphatic hydroxyl groups is 1. The van der Waals surface area contributed by atoms with Gasteiger partial charge in [-0.3, -0.25) is 0 Å². The fraction of sp³-hybridized carbons (Fsp3) is 1.00. The summed E-state index contributed by atoms with van der Waals surface area (Å²) in [4.78, 5) is 0. The molecule has 12 heavy (non-hydrogen) atoms. The molecule has 0 aliphatic heterocycles. The molecule has 0 rings (SSSR count). The van der Waals surface area contributed by atoms with E-state index in [4.69, 9.17) is 5.11 Å². The maximum absolute atomic E-state index is 11.1. The Kier molecular flexibility index (Phi) is 4.74. The predicted molar refractivity (Wildman–Crippen MR) is 48.3 cm³/mol. The van der Waals surface area contributed by atoms with Crippen LogP contribution in [0.1, 0.15) is 20.8 Å². The standard InChI is InChI=1S/C7H17NO3S/c1-6(2)5-12(10,11)8-4-7(3)9/h6-9H,4-5H2,1-3H3/t7-/m0/s1. The first kappa shape index (κ1) is 11.9. The summed E-state index contributed by atoms with van der Waals surface area (Å²) in [6.07, 6.45) is -0.632. The normalized spacial score (nSPS) is 15.1. The third-order valence-corrected chi connectivity index (χ3v) is 2.86.